The Hall–Kier alpha value is -1.24. The number of hydrogen-bond acceptors (Lipinski definition) is 1. The van der Waals surface area contributed by atoms with Crippen LogP contribution in [0.5, 0.6) is 0 Å². The van der Waals surface area contributed by atoms with E-state index in [1.165, 1.54) is 16.9 Å². The van der Waals surface area contributed by atoms with Gasteiger partial charge in [-0.15, -0.1) is 0 Å². The van der Waals surface area contributed by atoms with Gasteiger partial charge in [0.15, 0.2) is 5.76 Å². The van der Waals surface area contributed by atoms with Gasteiger partial charge in [0, 0.05) is 12.0 Å². The topological polar surface area (TPSA) is 12.5 Å². The standard InChI is InChI=1S/C10H8O/c1-2-4-8-7(3-1)5-6-9-10(8)11-9/h1-4H,5-6H2. The molecule has 1 aromatic rings. The first-order valence-electron chi connectivity index (χ1n) is 3.94. The molecule has 54 valence electrons. The maximum absolute atomic E-state index is 5.34. The Morgan fingerprint density at radius 2 is 2.00 bits per heavy atom. The summed E-state index contributed by atoms with van der Waals surface area (Å²) in [6.45, 7) is 0. The van der Waals surface area contributed by atoms with Crippen LogP contribution < -0.4 is 0 Å². The molecular formula is C10H8O. The number of aryl methyl sites for hydroxylation is 1. The summed E-state index contributed by atoms with van der Waals surface area (Å²) in [5, 5.41) is 0. The van der Waals surface area contributed by atoms with Crippen molar-refractivity contribution in [3.05, 3.63) is 41.2 Å². The summed E-state index contributed by atoms with van der Waals surface area (Å²) < 4.78 is 5.34. The Labute approximate surface area is 65.3 Å². The zero-order valence-corrected chi connectivity index (χ0v) is 6.13. The monoisotopic (exact) mass is 144 g/mol. The molecule has 0 aromatic heterocycles. The lowest BCUT2D eigenvalue weighted by Gasteiger charge is -2.03. The first-order chi connectivity index (χ1) is 5.45. The van der Waals surface area contributed by atoms with Crippen molar-refractivity contribution in [2.45, 2.75) is 12.8 Å². The van der Waals surface area contributed by atoms with E-state index < -0.39 is 0 Å². The quantitative estimate of drug-likeness (QED) is 0.544. The van der Waals surface area contributed by atoms with E-state index in [-0.39, 0.29) is 0 Å². The van der Waals surface area contributed by atoms with Gasteiger partial charge >= 0.3 is 0 Å². The van der Waals surface area contributed by atoms with Crippen LogP contribution in [0.3, 0.4) is 0 Å². The molecule has 0 unspecified atom stereocenters. The van der Waals surface area contributed by atoms with Crippen LogP contribution in [-0.2, 0) is 11.2 Å². The van der Waals surface area contributed by atoms with Crippen LogP contribution in [0, 0.1) is 0 Å². The van der Waals surface area contributed by atoms with Crippen molar-refractivity contribution in [1.82, 2.24) is 0 Å². The highest BCUT2D eigenvalue weighted by atomic mass is 16.6. The molecule has 2 aliphatic rings. The van der Waals surface area contributed by atoms with Gasteiger partial charge in [0.2, 0.25) is 0 Å². The molecule has 0 fully saturated rings. The number of ether oxygens (including phenoxy) is 1. The minimum atomic E-state index is 1.10. The predicted molar refractivity (Wildman–Crippen MR) is 42.8 cm³/mol. The average molecular weight is 144 g/mol. The third-order valence-corrected chi connectivity index (χ3v) is 2.32. The third-order valence-electron chi connectivity index (χ3n) is 2.32. The van der Waals surface area contributed by atoms with E-state index in [0.29, 0.717) is 0 Å². The molecule has 1 aliphatic carbocycles. The van der Waals surface area contributed by atoms with Gasteiger partial charge in [-0.25, -0.2) is 0 Å². The minimum absolute atomic E-state index is 1.10. The predicted octanol–water partition coefficient (Wildman–Crippen LogP) is 2.33. The van der Waals surface area contributed by atoms with Crippen molar-refractivity contribution in [2.24, 2.45) is 0 Å². The summed E-state index contributed by atoms with van der Waals surface area (Å²) in [4.78, 5) is 0. The van der Waals surface area contributed by atoms with Crippen molar-refractivity contribution in [1.29, 1.82) is 0 Å². The van der Waals surface area contributed by atoms with Gasteiger partial charge in [-0.05, 0) is 12.0 Å². The molecule has 0 saturated heterocycles. The molecule has 0 saturated carbocycles. The molecule has 1 nitrogen and oxygen atoms in total. The summed E-state index contributed by atoms with van der Waals surface area (Å²) in [6.07, 6.45) is 2.25. The maximum atomic E-state index is 5.34. The van der Waals surface area contributed by atoms with E-state index in [1.54, 1.807) is 0 Å². The third kappa shape index (κ3) is 0.653. The fraction of sp³-hybridized carbons (Fsp3) is 0.200. The maximum Gasteiger partial charge on any atom is 0.172 e. The second kappa shape index (κ2) is 1.67. The number of fused-ring (bicyclic) bond motifs is 2. The van der Waals surface area contributed by atoms with E-state index in [2.05, 4.69) is 24.3 Å². The lowest BCUT2D eigenvalue weighted by atomic mass is 9.98. The Balaban J connectivity index is 2.25. The molecule has 3 rings (SSSR count). The van der Waals surface area contributed by atoms with Gasteiger partial charge < -0.3 is 4.74 Å². The summed E-state index contributed by atoms with van der Waals surface area (Å²) in [6, 6.07) is 8.47. The molecular weight excluding hydrogens is 136 g/mol. The average Bonchev–Trinajstić information content (AvgIpc) is 2.83. The number of allylic oxidation sites excluding steroid dienone is 1. The molecule has 0 bridgehead atoms. The zero-order valence-electron chi connectivity index (χ0n) is 6.13. The van der Waals surface area contributed by atoms with Crippen LogP contribution in [0.15, 0.2) is 30.0 Å². The second-order valence-corrected chi connectivity index (χ2v) is 3.01. The molecule has 0 amide bonds. The number of hydrogen-bond donors (Lipinski definition) is 0. The molecule has 1 aromatic carbocycles. The van der Waals surface area contributed by atoms with E-state index in [9.17, 15) is 0 Å². The van der Waals surface area contributed by atoms with E-state index in [0.717, 1.165) is 18.6 Å². The molecule has 0 spiro atoms. The van der Waals surface area contributed by atoms with Gasteiger partial charge in [0.25, 0.3) is 0 Å². The van der Waals surface area contributed by atoms with Crippen molar-refractivity contribution in [3.8, 4) is 0 Å². The van der Waals surface area contributed by atoms with Crippen molar-refractivity contribution >= 4 is 5.76 Å². The molecule has 1 heterocycles. The summed E-state index contributed by atoms with van der Waals surface area (Å²) in [5.41, 5.74) is 2.75. The lowest BCUT2D eigenvalue weighted by molar-refractivity contribution is 0.505. The van der Waals surface area contributed by atoms with Gasteiger partial charge in [0.1, 0.15) is 5.76 Å². The van der Waals surface area contributed by atoms with Crippen LogP contribution >= 0.6 is 0 Å². The largest absolute Gasteiger partial charge is 0.454 e. The molecule has 0 atom stereocenters. The fourth-order valence-corrected chi connectivity index (χ4v) is 1.68. The van der Waals surface area contributed by atoms with E-state index >= 15 is 0 Å². The Bertz CT molecular complexity index is 350. The van der Waals surface area contributed by atoms with Crippen LogP contribution in [0.1, 0.15) is 17.5 Å². The molecule has 0 radical (unpaired) electrons. The van der Waals surface area contributed by atoms with Crippen LogP contribution in [-0.4, -0.2) is 0 Å². The highest BCUT2D eigenvalue weighted by Crippen LogP contribution is 2.44. The van der Waals surface area contributed by atoms with Gasteiger partial charge in [0.05, 0.1) is 0 Å². The highest BCUT2D eigenvalue weighted by Gasteiger charge is 2.31. The summed E-state index contributed by atoms with van der Waals surface area (Å²) in [5.74, 6) is 2.36. The van der Waals surface area contributed by atoms with Gasteiger partial charge in [-0.1, -0.05) is 24.3 Å². The SMILES string of the molecule is c1ccc2c(c1)CCC1=C2O1. The lowest BCUT2D eigenvalue weighted by Crippen LogP contribution is -1.91. The molecule has 1 aliphatic heterocycles. The van der Waals surface area contributed by atoms with E-state index in [4.69, 9.17) is 4.74 Å². The van der Waals surface area contributed by atoms with Gasteiger partial charge in [-0.2, -0.15) is 0 Å². The molecule has 0 N–H and O–H groups in total. The molecule has 1 heteroatoms. The first-order valence-corrected chi connectivity index (χ1v) is 3.94. The van der Waals surface area contributed by atoms with Crippen LogP contribution in [0.4, 0.5) is 0 Å². The van der Waals surface area contributed by atoms with E-state index in [1.807, 2.05) is 0 Å². The number of rotatable bonds is 0. The molecule has 11 heavy (non-hydrogen) atoms. The number of benzene rings is 1. The highest BCUT2D eigenvalue weighted by molar-refractivity contribution is 5.75. The van der Waals surface area contributed by atoms with Crippen molar-refractivity contribution < 1.29 is 4.74 Å². The van der Waals surface area contributed by atoms with Crippen molar-refractivity contribution in [3.63, 3.8) is 0 Å². The van der Waals surface area contributed by atoms with Crippen LogP contribution in [0.25, 0.3) is 5.76 Å². The minimum Gasteiger partial charge on any atom is -0.454 e. The first kappa shape index (κ1) is 5.42. The van der Waals surface area contributed by atoms with Crippen LogP contribution in [0.2, 0.25) is 0 Å². The zero-order chi connectivity index (χ0) is 7.26. The smallest absolute Gasteiger partial charge is 0.172 e. The van der Waals surface area contributed by atoms with Crippen molar-refractivity contribution in [2.75, 3.05) is 0 Å². The normalized spacial score (nSPS) is 18.5. The Kier molecular flexibility index (Phi) is 0.823. The fourth-order valence-electron chi connectivity index (χ4n) is 1.68. The summed E-state index contributed by atoms with van der Waals surface area (Å²) in [7, 11) is 0. The second-order valence-electron chi connectivity index (χ2n) is 3.01. The Morgan fingerprint density at radius 3 is 3.00 bits per heavy atom. The summed E-state index contributed by atoms with van der Waals surface area (Å²) >= 11 is 0. The van der Waals surface area contributed by atoms with Gasteiger partial charge in [-0.3, -0.25) is 0 Å². The Morgan fingerprint density at radius 1 is 1.09 bits per heavy atom.